The lowest BCUT2D eigenvalue weighted by Crippen LogP contribution is -2.46. The van der Waals surface area contributed by atoms with Gasteiger partial charge in [0.15, 0.2) is 17.4 Å². The number of rotatable bonds is 2. The molecule has 1 N–H and O–H groups in total. The van der Waals surface area contributed by atoms with Gasteiger partial charge in [0, 0.05) is 32.4 Å². The van der Waals surface area contributed by atoms with Gasteiger partial charge in [-0.05, 0) is 19.4 Å². The summed E-state index contributed by atoms with van der Waals surface area (Å²) in [6.45, 7) is 10.7. The molecule has 0 radical (unpaired) electrons. The second-order valence-electron chi connectivity index (χ2n) is 4.08. The van der Waals surface area contributed by atoms with Crippen LogP contribution in [0.2, 0.25) is 0 Å². The molecule has 0 fully saturated rings. The summed E-state index contributed by atoms with van der Waals surface area (Å²) in [6, 6.07) is 2.34. The summed E-state index contributed by atoms with van der Waals surface area (Å²) in [7, 11) is 0. The van der Waals surface area contributed by atoms with Crippen molar-refractivity contribution in [3.8, 4) is 0 Å². The van der Waals surface area contributed by atoms with E-state index in [1.54, 1.807) is 0 Å². The lowest BCUT2D eigenvalue weighted by molar-refractivity contribution is -0.732. The topological polar surface area (TPSA) is 24.1 Å². The van der Waals surface area contributed by atoms with Gasteiger partial charge in [0.1, 0.15) is 6.61 Å². The van der Waals surface area contributed by atoms with Crippen LogP contribution in [0, 0.1) is 27.7 Å². The van der Waals surface area contributed by atoms with Crippen molar-refractivity contribution in [2.24, 2.45) is 0 Å². The molecular weight excluding hydrogens is 174 g/mol. The van der Waals surface area contributed by atoms with Crippen molar-refractivity contribution in [2.45, 2.75) is 40.7 Å². The van der Waals surface area contributed by atoms with E-state index in [0.29, 0.717) is 0 Å². The van der Waals surface area contributed by atoms with Gasteiger partial charge in [-0.1, -0.05) is 0 Å². The van der Waals surface area contributed by atoms with E-state index < -0.39 is 0 Å². The second kappa shape index (κ2) is 4.09. The van der Waals surface area contributed by atoms with E-state index in [2.05, 4.69) is 38.3 Å². The van der Waals surface area contributed by atoms with Crippen LogP contribution >= 0.6 is 0 Å². The largest absolute Gasteiger partial charge is 0.389 e. The minimum Gasteiger partial charge on any atom is -0.389 e. The van der Waals surface area contributed by atoms with E-state index in [1.807, 2.05) is 6.92 Å². The van der Waals surface area contributed by atoms with Crippen LogP contribution < -0.4 is 4.57 Å². The fourth-order valence-corrected chi connectivity index (χ4v) is 1.98. The zero-order chi connectivity index (χ0) is 10.9. The van der Waals surface area contributed by atoms with Gasteiger partial charge in [0.05, 0.1) is 0 Å². The summed E-state index contributed by atoms with van der Waals surface area (Å²) in [6.07, 6.45) is 0. The molecular formula is C12H20NO+. The summed E-state index contributed by atoms with van der Waals surface area (Å²) in [4.78, 5) is 0. The highest BCUT2D eigenvalue weighted by atomic mass is 16.3. The molecule has 2 nitrogen and oxygen atoms in total. The predicted octanol–water partition coefficient (Wildman–Crippen LogP) is 1.76. The SMILES string of the molecule is Cc1cc(C)[n+]([C@@H](C)CO)c(C)c1C. The molecule has 1 rings (SSSR count). The number of aromatic nitrogens is 1. The molecule has 78 valence electrons. The van der Waals surface area contributed by atoms with Crippen molar-refractivity contribution >= 4 is 0 Å². The number of nitrogens with zero attached hydrogens (tertiary/aromatic N) is 1. The van der Waals surface area contributed by atoms with Gasteiger partial charge in [0.2, 0.25) is 0 Å². The first kappa shape index (κ1) is 11.2. The van der Waals surface area contributed by atoms with Crippen LogP contribution in [0.3, 0.4) is 0 Å². The molecule has 0 aliphatic carbocycles. The first-order valence-electron chi connectivity index (χ1n) is 5.08. The van der Waals surface area contributed by atoms with Crippen molar-refractivity contribution in [3.05, 3.63) is 28.6 Å². The minimum absolute atomic E-state index is 0.161. The molecule has 1 heterocycles. The summed E-state index contributed by atoms with van der Waals surface area (Å²) in [5.74, 6) is 0. The normalized spacial score (nSPS) is 13.0. The van der Waals surface area contributed by atoms with Gasteiger partial charge >= 0.3 is 0 Å². The molecule has 0 bridgehead atoms. The Kier molecular flexibility index (Phi) is 3.27. The van der Waals surface area contributed by atoms with E-state index in [-0.39, 0.29) is 12.6 Å². The molecule has 0 saturated carbocycles. The Bertz CT molecular complexity index is 345. The summed E-state index contributed by atoms with van der Waals surface area (Å²) < 4.78 is 2.20. The fraction of sp³-hybridized carbons (Fsp3) is 0.583. The number of hydrogen-bond donors (Lipinski definition) is 1. The van der Waals surface area contributed by atoms with E-state index in [1.165, 1.54) is 22.5 Å². The highest BCUT2D eigenvalue weighted by Crippen LogP contribution is 2.12. The summed E-state index contributed by atoms with van der Waals surface area (Å²) >= 11 is 0. The van der Waals surface area contributed by atoms with Crippen molar-refractivity contribution in [1.82, 2.24) is 0 Å². The van der Waals surface area contributed by atoms with Crippen LogP contribution in [-0.2, 0) is 0 Å². The molecule has 14 heavy (non-hydrogen) atoms. The molecule has 0 spiro atoms. The third-order valence-corrected chi connectivity index (χ3v) is 3.01. The smallest absolute Gasteiger partial charge is 0.181 e. The Balaban J connectivity index is 3.36. The first-order valence-corrected chi connectivity index (χ1v) is 5.08. The lowest BCUT2D eigenvalue weighted by atomic mass is 10.1. The van der Waals surface area contributed by atoms with Crippen LogP contribution in [0.15, 0.2) is 6.07 Å². The fourth-order valence-electron chi connectivity index (χ4n) is 1.98. The summed E-state index contributed by atoms with van der Waals surface area (Å²) in [5.41, 5.74) is 5.11. The second-order valence-corrected chi connectivity index (χ2v) is 4.08. The monoisotopic (exact) mass is 194 g/mol. The zero-order valence-corrected chi connectivity index (χ0v) is 9.76. The maximum absolute atomic E-state index is 9.18. The molecule has 0 saturated heterocycles. The molecule has 0 aromatic carbocycles. The zero-order valence-electron chi connectivity index (χ0n) is 9.76. The van der Waals surface area contributed by atoms with Gasteiger partial charge in [-0.15, -0.1) is 0 Å². The van der Waals surface area contributed by atoms with E-state index in [9.17, 15) is 5.11 Å². The number of hydrogen-bond acceptors (Lipinski definition) is 1. The molecule has 0 aliphatic heterocycles. The Hall–Kier alpha value is -0.890. The third kappa shape index (κ3) is 1.80. The Morgan fingerprint density at radius 1 is 1.29 bits per heavy atom. The van der Waals surface area contributed by atoms with Crippen LogP contribution in [0.4, 0.5) is 0 Å². The van der Waals surface area contributed by atoms with Crippen molar-refractivity contribution in [2.75, 3.05) is 6.61 Å². The molecule has 2 heteroatoms. The molecule has 1 aromatic heterocycles. The highest BCUT2D eigenvalue weighted by molar-refractivity contribution is 5.25. The van der Waals surface area contributed by atoms with Gasteiger partial charge in [0.25, 0.3) is 0 Å². The van der Waals surface area contributed by atoms with Crippen LogP contribution in [0.5, 0.6) is 0 Å². The van der Waals surface area contributed by atoms with E-state index in [0.717, 1.165) is 0 Å². The van der Waals surface area contributed by atoms with Crippen molar-refractivity contribution in [1.29, 1.82) is 0 Å². The third-order valence-electron chi connectivity index (χ3n) is 3.01. The van der Waals surface area contributed by atoms with Gasteiger partial charge < -0.3 is 5.11 Å². The summed E-state index contributed by atoms with van der Waals surface area (Å²) in [5, 5.41) is 9.18. The van der Waals surface area contributed by atoms with E-state index >= 15 is 0 Å². The molecule has 1 atom stereocenters. The number of aliphatic hydroxyl groups excluding tert-OH is 1. The average molecular weight is 194 g/mol. The standard InChI is InChI=1S/C12H20NO/c1-8-6-9(2)13(10(3)7-14)12(5)11(8)4/h6,10,14H,7H2,1-5H3/q+1/t10-/m0/s1. The van der Waals surface area contributed by atoms with Gasteiger partial charge in [-0.25, -0.2) is 0 Å². The van der Waals surface area contributed by atoms with E-state index in [4.69, 9.17) is 0 Å². The minimum atomic E-state index is 0.161. The molecule has 0 amide bonds. The quantitative estimate of drug-likeness (QED) is 0.713. The van der Waals surface area contributed by atoms with Crippen LogP contribution in [0.1, 0.15) is 35.5 Å². The van der Waals surface area contributed by atoms with Crippen molar-refractivity contribution < 1.29 is 9.67 Å². The maximum atomic E-state index is 9.18. The molecule has 1 aromatic rings. The first-order chi connectivity index (χ1) is 6.49. The Labute approximate surface area is 86.2 Å². The lowest BCUT2D eigenvalue weighted by Gasteiger charge is -2.12. The maximum Gasteiger partial charge on any atom is 0.181 e. The van der Waals surface area contributed by atoms with Gasteiger partial charge in [-0.3, -0.25) is 0 Å². The average Bonchev–Trinajstić information content (AvgIpc) is 2.14. The number of aliphatic hydroxyl groups is 1. The van der Waals surface area contributed by atoms with Crippen LogP contribution in [0.25, 0.3) is 0 Å². The molecule has 0 unspecified atom stereocenters. The van der Waals surface area contributed by atoms with Gasteiger partial charge in [-0.2, -0.15) is 4.57 Å². The number of pyridine rings is 1. The predicted molar refractivity (Wildman–Crippen MR) is 57.4 cm³/mol. The Morgan fingerprint density at radius 2 is 1.86 bits per heavy atom. The Morgan fingerprint density at radius 3 is 2.36 bits per heavy atom. The highest BCUT2D eigenvalue weighted by Gasteiger charge is 2.20. The van der Waals surface area contributed by atoms with Crippen LogP contribution in [-0.4, -0.2) is 11.7 Å². The van der Waals surface area contributed by atoms with Crippen molar-refractivity contribution in [3.63, 3.8) is 0 Å². The number of aryl methyl sites for hydroxylation is 2. The molecule has 0 aliphatic rings.